The number of anilines is 2. The Bertz CT molecular complexity index is 1160. The zero-order chi connectivity index (χ0) is 25.2. The lowest BCUT2D eigenvalue weighted by Gasteiger charge is -2.16. The molecule has 184 valence electrons. The van der Waals surface area contributed by atoms with Crippen molar-refractivity contribution in [3.63, 3.8) is 0 Å². The molecule has 3 rings (SSSR count). The van der Waals surface area contributed by atoms with Gasteiger partial charge in [-0.05, 0) is 37.1 Å². The lowest BCUT2D eigenvalue weighted by molar-refractivity contribution is 0.324. The van der Waals surface area contributed by atoms with Gasteiger partial charge in [0.2, 0.25) is 5.75 Å². The molecule has 1 aliphatic heterocycles. The second kappa shape index (κ2) is 12.4. The first-order valence-corrected chi connectivity index (χ1v) is 11.2. The van der Waals surface area contributed by atoms with E-state index in [2.05, 4.69) is 33.6 Å². The van der Waals surface area contributed by atoms with Crippen LogP contribution in [0, 0.1) is 12.8 Å². The maximum absolute atomic E-state index is 5.41. The Morgan fingerprint density at radius 2 is 1.86 bits per heavy atom. The van der Waals surface area contributed by atoms with Gasteiger partial charge in [0.15, 0.2) is 11.5 Å². The minimum Gasteiger partial charge on any atom is -0.493 e. The predicted octanol–water partition coefficient (Wildman–Crippen LogP) is 4.51. The Balaban J connectivity index is 1.85. The van der Waals surface area contributed by atoms with E-state index in [4.69, 9.17) is 24.2 Å². The first-order valence-electron chi connectivity index (χ1n) is 11.2. The molecule has 0 amide bonds. The number of aliphatic imine (C=N–C) groups is 3. The van der Waals surface area contributed by atoms with Crippen LogP contribution in [0.3, 0.4) is 0 Å². The van der Waals surface area contributed by atoms with E-state index in [1.54, 1.807) is 59.1 Å². The number of nitrogens with one attached hydrogen (secondary N) is 2. The number of hydrogen-bond acceptors (Lipinski definition) is 8. The number of aryl methyl sites for hydroxylation is 1. The minimum absolute atomic E-state index is 0.419. The summed E-state index contributed by atoms with van der Waals surface area (Å²) in [6.07, 6.45) is 9.19. The molecule has 1 atom stereocenters. The zero-order valence-corrected chi connectivity index (χ0v) is 21.0. The highest BCUT2D eigenvalue weighted by Crippen LogP contribution is 2.39. The average molecular weight is 477 g/mol. The van der Waals surface area contributed by atoms with E-state index in [1.165, 1.54) is 0 Å². The molecule has 1 unspecified atom stereocenters. The SMILES string of the molecule is C\N=C/C=C(\N=C\Nc1cc(OC)c(OC)c(OC)c1)Nc1ccc(C)nc1C1=NCC(C)C=C1. The van der Waals surface area contributed by atoms with Crippen molar-refractivity contribution in [2.24, 2.45) is 20.9 Å². The summed E-state index contributed by atoms with van der Waals surface area (Å²) in [7, 11) is 6.41. The molecule has 0 saturated carbocycles. The van der Waals surface area contributed by atoms with Gasteiger partial charge >= 0.3 is 0 Å². The molecule has 0 aliphatic carbocycles. The highest BCUT2D eigenvalue weighted by molar-refractivity contribution is 6.11. The summed E-state index contributed by atoms with van der Waals surface area (Å²) in [5.41, 5.74) is 4.06. The molecule has 0 saturated heterocycles. The maximum Gasteiger partial charge on any atom is 0.203 e. The highest BCUT2D eigenvalue weighted by atomic mass is 16.5. The van der Waals surface area contributed by atoms with Crippen LogP contribution in [0.2, 0.25) is 0 Å². The maximum atomic E-state index is 5.41. The fourth-order valence-electron chi connectivity index (χ4n) is 3.36. The summed E-state index contributed by atoms with van der Waals surface area (Å²) in [5, 5.41) is 6.50. The molecule has 2 heterocycles. The molecule has 0 bridgehead atoms. The number of methoxy groups -OCH3 is 3. The number of pyridine rings is 1. The number of benzene rings is 1. The van der Waals surface area contributed by atoms with Gasteiger partial charge in [0.05, 0.1) is 39.1 Å². The van der Waals surface area contributed by atoms with Crippen molar-refractivity contribution in [1.29, 1.82) is 0 Å². The van der Waals surface area contributed by atoms with Crippen LogP contribution in [0.25, 0.3) is 0 Å². The molecule has 9 heteroatoms. The fourth-order valence-corrected chi connectivity index (χ4v) is 3.36. The summed E-state index contributed by atoms with van der Waals surface area (Å²) < 4.78 is 16.2. The molecule has 0 spiro atoms. The van der Waals surface area contributed by atoms with Crippen molar-refractivity contribution < 1.29 is 14.2 Å². The molecular formula is C26H32N6O3. The Labute approximate surface area is 206 Å². The molecule has 0 fully saturated rings. The number of dihydropyridines is 1. The summed E-state index contributed by atoms with van der Waals surface area (Å²) in [5.74, 6) is 2.59. The van der Waals surface area contributed by atoms with Gasteiger partial charge in [0.25, 0.3) is 0 Å². The standard InChI is InChI=1S/C26H32N6O3/c1-17-7-9-20(28-15-17)25-21(10-8-18(2)31-25)32-24(11-12-27-3)30-16-29-19-13-22(33-4)26(35-6)23(14-19)34-5/h7-14,16-17,32H,15H2,1-6H3,(H,29,30)/b24-11+,27-12-. The van der Waals surface area contributed by atoms with Gasteiger partial charge in [-0.3, -0.25) is 9.98 Å². The fraction of sp³-hybridized carbons (Fsp3) is 0.308. The summed E-state index contributed by atoms with van der Waals surface area (Å²) in [6, 6.07) is 7.53. The highest BCUT2D eigenvalue weighted by Gasteiger charge is 2.15. The predicted molar refractivity (Wildman–Crippen MR) is 143 cm³/mol. The van der Waals surface area contributed by atoms with Crippen LogP contribution < -0.4 is 24.8 Å². The Hall–Kier alpha value is -4.14. The summed E-state index contributed by atoms with van der Waals surface area (Å²) >= 11 is 0. The van der Waals surface area contributed by atoms with Crippen LogP contribution in [0.15, 0.2) is 63.3 Å². The molecule has 9 nitrogen and oxygen atoms in total. The normalized spacial score (nSPS) is 15.9. The first-order chi connectivity index (χ1) is 17.0. The van der Waals surface area contributed by atoms with Crippen LogP contribution in [0.5, 0.6) is 17.2 Å². The molecule has 2 aromatic rings. The van der Waals surface area contributed by atoms with Gasteiger partial charge < -0.3 is 24.8 Å². The molecule has 0 radical (unpaired) electrons. The Kier molecular flexibility index (Phi) is 9.00. The Morgan fingerprint density at radius 1 is 1.11 bits per heavy atom. The van der Waals surface area contributed by atoms with E-state index < -0.39 is 0 Å². The van der Waals surface area contributed by atoms with E-state index in [-0.39, 0.29) is 0 Å². The van der Waals surface area contributed by atoms with Gasteiger partial charge in [-0.15, -0.1) is 0 Å². The number of allylic oxidation sites excluding steroid dienone is 2. The van der Waals surface area contributed by atoms with E-state index in [0.717, 1.165) is 35.0 Å². The molecular weight excluding hydrogens is 444 g/mol. The topological polar surface area (TPSA) is 102 Å². The van der Waals surface area contributed by atoms with Crippen molar-refractivity contribution >= 4 is 29.6 Å². The lowest BCUT2D eigenvalue weighted by atomic mass is 10.1. The molecule has 35 heavy (non-hydrogen) atoms. The van der Waals surface area contributed by atoms with Crippen LogP contribution in [0.1, 0.15) is 18.3 Å². The molecule has 1 aromatic heterocycles. The van der Waals surface area contributed by atoms with Gasteiger partial charge in [0.1, 0.15) is 11.5 Å². The number of rotatable bonds is 10. The molecule has 1 aromatic carbocycles. The van der Waals surface area contributed by atoms with E-state index in [9.17, 15) is 0 Å². The van der Waals surface area contributed by atoms with Crippen LogP contribution in [0.4, 0.5) is 11.4 Å². The molecule has 2 N–H and O–H groups in total. The first kappa shape index (κ1) is 25.5. The van der Waals surface area contributed by atoms with Crippen molar-refractivity contribution in [2.75, 3.05) is 45.6 Å². The Morgan fingerprint density at radius 3 is 2.46 bits per heavy atom. The quantitative estimate of drug-likeness (QED) is 0.387. The molecule has 1 aliphatic rings. The van der Waals surface area contributed by atoms with Crippen molar-refractivity contribution in [3.8, 4) is 17.2 Å². The minimum atomic E-state index is 0.419. The summed E-state index contributed by atoms with van der Waals surface area (Å²) in [4.78, 5) is 18.0. The summed E-state index contributed by atoms with van der Waals surface area (Å²) in [6.45, 7) is 4.84. The van der Waals surface area contributed by atoms with Crippen molar-refractivity contribution in [1.82, 2.24) is 4.98 Å². The zero-order valence-electron chi connectivity index (χ0n) is 21.0. The van der Waals surface area contributed by atoms with Crippen LogP contribution in [-0.2, 0) is 0 Å². The number of hydrogen-bond donors (Lipinski definition) is 2. The monoisotopic (exact) mass is 476 g/mol. The second-order valence-corrected chi connectivity index (χ2v) is 7.81. The lowest BCUT2D eigenvalue weighted by Crippen LogP contribution is -2.13. The number of aromatic nitrogens is 1. The van der Waals surface area contributed by atoms with E-state index in [0.29, 0.717) is 29.0 Å². The number of nitrogens with zero attached hydrogens (tertiary/aromatic N) is 4. The van der Waals surface area contributed by atoms with Gasteiger partial charge in [-0.1, -0.05) is 13.0 Å². The van der Waals surface area contributed by atoms with Crippen molar-refractivity contribution in [3.05, 3.63) is 59.7 Å². The third-order valence-electron chi connectivity index (χ3n) is 5.15. The second-order valence-electron chi connectivity index (χ2n) is 7.81. The van der Waals surface area contributed by atoms with Crippen molar-refractivity contribution in [2.45, 2.75) is 13.8 Å². The largest absolute Gasteiger partial charge is 0.493 e. The van der Waals surface area contributed by atoms with Gasteiger partial charge in [-0.2, -0.15) is 0 Å². The van der Waals surface area contributed by atoms with Crippen LogP contribution >= 0.6 is 0 Å². The van der Waals surface area contributed by atoms with E-state index >= 15 is 0 Å². The van der Waals surface area contributed by atoms with Crippen LogP contribution in [-0.4, -0.2) is 58.2 Å². The van der Waals surface area contributed by atoms with Gasteiger partial charge in [-0.25, -0.2) is 9.98 Å². The third-order valence-corrected chi connectivity index (χ3v) is 5.15. The van der Waals surface area contributed by atoms with Gasteiger partial charge in [0, 0.05) is 43.3 Å². The average Bonchev–Trinajstić information content (AvgIpc) is 2.87. The smallest absolute Gasteiger partial charge is 0.203 e. The third kappa shape index (κ3) is 6.69. The van der Waals surface area contributed by atoms with E-state index in [1.807, 2.05) is 25.1 Å². The number of ether oxygens (including phenoxy) is 3.